The van der Waals surface area contributed by atoms with E-state index >= 15 is 0 Å². The zero-order chi connectivity index (χ0) is 9.71. The fourth-order valence-corrected chi connectivity index (χ4v) is 1.80. The summed E-state index contributed by atoms with van der Waals surface area (Å²) in [7, 11) is 1.92. The van der Waals surface area contributed by atoms with Crippen LogP contribution in [-0.4, -0.2) is 19.7 Å². The Hall–Kier alpha value is -2.04. The van der Waals surface area contributed by atoms with Gasteiger partial charge >= 0.3 is 0 Å². The SMILES string of the molecule is Cn1[nH]c(N)c2cnc3nccc3c21. The molecule has 3 heterocycles. The molecule has 0 aromatic carbocycles. The molecule has 0 spiro atoms. The van der Waals surface area contributed by atoms with Crippen LogP contribution in [-0.2, 0) is 7.05 Å². The van der Waals surface area contributed by atoms with E-state index in [0.29, 0.717) is 5.82 Å². The molecule has 0 atom stereocenters. The van der Waals surface area contributed by atoms with Crippen LogP contribution in [0.5, 0.6) is 0 Å². The number of H-pyrrole nitrogens is 1. The number of anilines is 1. The Balaban J connectivity index is 2.68. The second-order valence-electron chi connectivity index (χ2n) is 3.29. The number of aryl methyl sites for hydroxylation is 1. The zero-order valence-corrected chi connectivity index (χ0v) is 7.65. The lowest BCUT2D eigenvalue weighted by molar-refractivity contribution is 0.804. The molecule has 5 heteroatoms. The van der Waals surface area contributed by atoms with Gasteiger partial charge in [0.15, 0.2) is 5.65 Å². The molecular formula is C9H9N5. The number of hydrogen-bond donors (Lipinski definition) is 2. The maximum absolute atomic E-state index is 5.80. The van der Waals surface area contributed by atoms with Crippen molar-refractivity contribution in [2.24, 2.45) is 7.05 Å². The minimum atomic E-state index is 0.637. The molecule has 0 unspecified atom stereocenters. The number of rotatable bonds is 0. The highest BCUT2D eigenvalue weighted by atomic mass is 15.3. The van der Waals surface area contributed by atoms with Crippen molar-refractivity contribution in [2.45, 2.75) is 0 Å². The maximum atomic E-state index is 5.80. The van der Waals surface area contributed by atoms with Gasteiger partial charge in [-0.05, 0) is 6.07 Å². The molecule has 3 N–H and O–H groups in total. The lowest BCUT2D eigenvalue weighted by Crippen LogP contribution is -1.91. The molecule has 3 rings (SSSR count). The summed E-state index contributed by atoms with van der Waals surface area (Å²) in [5, 5.41) is 4.99. The van der Waals surface area contributed by atoms with E-state index in [2.05, 4.69) is 15.1 Å². The second-order valence-corrected chi connectivity index (χ2v) is 3.29. The largest absolute Gasteiger partial charge is 0.384 e. The minimum Gasteiger partial charge on any atom is -0.384 e. The van der Waals surface area contributed by atoms with Gasteiger partial charge in [0.25, 0.3) is 0 Å². The van der Waals surface area contributed by atoms with Gasteiger partial charge in [-0.15, -0.1) is 0 Å². The van der Waals surface area contributed by atoms with Crippen LogP contribution in [0.3, 0.4) is 0 Å². The van der Waals surface area contributed by atoms with Crippen molar-refractivity contribution in [3.8, 4) is 0 Å². The van der Waals surface area contributed by atoms with Crippen LogP contribution in [0, 0.1) is 0 Å². The number of fused-ring (bicyclic) bond motifs is 3. The second kappa shape index (κ2) is 2.25. The van der Waals surface area contributed by atoms with Gasteiger partial charge in [0.1, 0.15) is 5.82 Å². The Bertz CT molecular complexity index is 618. The monoisotopic (exact) mass is 187 g/mol. The smallest absolute Gasteiger partial charge is 0.161 e. The predicted molar refractivity (Wildman–Crippen MR) is 54.8 cm³/mol. The molecule has 0 aliphatic carbocycles. The Labute approximate surface area is 79.5 Å². The third-order valence-corrected chi connectivity index (χ3v) is 2.42. The average molecular weight is 187 g/mol. The van der Waals surface area contributed by atoms with Gasteiger partial charge < -0.3 is 5.73 Å². The molecule has 14 heavy (non-hydrogen) atoms. The first-order valence-corrected chi connectivity index (χ1v) is 4.31. The average Bonchev–Trinajstić information content (AvgIpc) is 2.71. The van der Waals surface area contributed by atoms with Crippen molar-refractivity contribution in [2.75, 3.05) is 5.73 Å². The van der Waals surface area contributed by atoms with Gasteiger partial charge in [0.2, 0.25) is 0 Å². The Morgan fingerprint density at radius 1 is 1.36 bits per heavy atom. The summed E-state index contributed by atoms with van der Waals surface area (Å²) >= 11 is 0. The molecule has 3 aromatic heterocycles. The summed E-state index contributed by atoms with van der Waals surface area (Å²) in [6.07, 6.45) is 3.50. The molecule has 0 bridgehead atoms. The summed E-state index contributed by atoms with van der Waals surface area (Å²) in [6, 6.07) is 1.94. The molecule has 0 saturated heterocycles. The van der Waals surface area contributed by atoms with Crippen molar-refractivity contribution in [3.05, 3.63) is 18.5 Å². The highest BCUT2D eigenvalue weighted by Gasteiger charge is 2.09. The van der Waals surface area contributed by atoms with Gasteiger partial charge in [-0.3, -0.25) is 9.78 Å². The van der Waals surface area contributed by atoms with E-state index in [9.17, 15) is 0 Å². The van der Waals surface area contributed by atoms with Gasteiger partial charge in [-0.1, -0.05) is 0 Å². The number of nitrogen functional groups attached to an aromatic ring is 1. The first-order valence-electron chi connectivity index (χ1n) is 4.31. The molecule has 0 saturated carbocycles. The fraction of sp³-hybridized carbons (Fsp3) is 0.111. The van der Waals surface area contributed by atoms with Gasteiger partial charge in [-0.2, -0.15) is 0 Å². The van der Waals surface area contributed by atoms with Crippen LogP contribution in [0.2, 0.25) is 0 Å². The number of nitrogens with two attached hydrogens (primary N) is 1. The number of nitrogens with zero attached hydrogens (tertiary/aromatic N) is 3. The molecule has 70 valence electrons. The highest BCUT2D eigenvalue weighted by molar-refractivity contribution is 6.05. The van der Waals surface area contributed by atoms with Gasteiger partial charge in [0.05, 0.1) is 10.9 Å². The van der Waals surface area contributed by atoms with Crippen LogP contribution in [0.4, 0.5) is 5.82 Å². The van der Waals surface area contributed by atoms with Crippen molar-refractivity contribution in [1.82, 2.24) is 19.7 Å². The summed E-state index contributed by atoms with van der Waals surface area (Å²) in [5.41, 5.74) is 7.60. The van der Waals surface area contributed by atoms with Gasteiger partial charge in [-0.25, -0.2) is 9.97 Å². The van der Waals surface area contributed by atoms with E-state index in [1.807, 2.05) is 17.8 Å². The number of pyridine rings is 1. The lowest BCUT2D eigenvalue weighted by Gasteiger charge is -1.95. The van der Waals surface area contributed by atoms with Crippen LogP contribution in [0.15, 0.2) is 18.5 Å². The number of hydrogen-bond acceptors (Lipinski definition) is 3. The van der Waals surface area contributed by atoms with Crippen molar-refractivity contribution in [3.63, 3.8) is 0 Å². The summed E-state index contributed by atoms with van der Waals surface area (Å²) < 4.78 is 1.89. The summed E-state index contributed by atoms with van der Waals surface area (Å²) in [5.74, 6) is 0.637. The molecular weight excluding hydrogens is 178 g/mol. The van der Waals surface area contributed by atoms with E-state index in [-0.39, 0.29) is 0 Å². The Kier molecular flexibility index (Phi) is 1.19. The molecule has 0 aliphatic rings. The van der Waals surface area contributed by atoms with E-state index < -0.39 is 0 Å². The van der Waals surface area contributed by atoms with Crippen molar-refractivity contribution < 1.29 is 0 Å². The van der Waals surface area contributed by atoms with Crippen LogP contribution in [0.1, 0.15) is 0 Å². The van der Waals surface area contributed by atoms with Gasteiger partial charge in [0, 0.05) is 24.8 Å². The molecule has 0 fully saturated rings. The molecule has 3 aromatic rings. The van der Waals surface area contributed by atoms with E-state index in [1.165, 1.54) is 0 Å². The standard InChI is InChI=1S/C9H9N5/c1-14-7-5-2-3-11-9(5)12-4-6(7)8(10)13-14/h2-4,13H,10H2,1H3. The van der Waals surface area contributed by atoms with E-state index in [1.54, 1.807) is 12.4 Å². The third kappa shape index (κ3) is 0.736. The van der Waals surface area contributed by atoms with Crippen molar-refractivity contribution >= 4 is 27.8 Å². The minimum absolute atomic E-state index is 0.637. The number of aromatic nitrogens is 4. The zero-order valence-electron chi connectivity index (χ0n) is 7.65. The Morgan fingerprint density at radius 2 is 2.21 bits per heavy atom. The molecule has 5 nitrogen and oxygen atoms in total. The van der Waals surface area contributed by atoms with Crippen LogP contribution >= 0.6 is 0 Å². The molecule has 0 amide bonds. The summed E-state index contributed by atoms with van der Waals surface area (Å²) in [4.78, 5) is 8.36. The highest BCUT2D eigenvalue weighted by Crippen LogP contribution is 2.25. The Morgan fingerprint density at radius 3 is 3.07 bits per heavy atom. The van der Waals surface area contributed by atoms with Crippen LogP contribution < -0.4 is 5.73 Å². The quantitative estimate of drug-likeness (QED) is 0.552. The molecule has 0 aliphatic heterocycles. The molecule has 0 radical (unpaired) electrons. The van der Waals surface area contributed by atoms with Crippen LogP contribution in [0.25, 0.3) is 21.9 Å². The fourth-order valence-electron chi connectivity index (χ4n) is 1.80. The van der Waals surface area contributed by atoms with Crippen molar-refractivity contribution in [1.29, 1.82) is 0 Å². The number of nitrogens with one attached hydrogen (secondary N) is 1. The third-order valence-electron chi connectivity index (χ3n) is 2.42. The maximum Gasteiger partial charge on any atom is 0.161 e. The lowest BCUT2D eigenvalue weighted by atomic mass is 10.2. The van der Waals surface area contributed by atoms with E-state index in [0.717, 1.165) is 21.9 Å². The topological polar surface area (TPSA) is 72.5 Å². The number of aromatic amines is 1. The predicted octanol–water partition coefficient (Wildman–Crippen LogP) is 1.03. The van der Waals surface area contributed by atoms with E-state index in [4.69, 9.17) is 5.73 Å². The first kappa shape index (κ1) is 7.37. The first-order chi connectivity index (χ1) is 6.77. The summed E-state index contributed by atoms with van der Waals surface area (Å²) in [6.45, 7) is 0. The normalized spacial score (nSPS) is 11.5.